The van der Waals surface area contributed by atoms with E-state index in [0.717, 1.165) is 43.3 Å². The molecule has 1 fully saturated rings. The number of nitrogens with zero attached hydrogens (tertiary/aromatic N) is 2. The molecule has 7 heteroatoms. The Bertz CT molecular complexity index is 849. The summed E-state index contributed by atoms with van der Waals surface area (Å²) in [4.78, 5) is 12.6. The number of hydrazone groups is 1. The van der Waals surface area contributed by atoms with Gasteiger partial charge in [0.2, 0.25) is 0 Å². The van der Waals surface area contributed by atoms with Gasteiger partial charge in [-0.1, -0.05) is 29.8 Å². The molecule has 1 N–H and O–H groups in total. The normalized spacial score (nSPS) is 15.0. The summed E-state index contributed by atoms with van der Waals surface area (Å²) in [5.74, 6) is 0.536. The maximum atomic E-state index is 11.1. The number of halogens is 1. The predicted octanol–water partition coefficient (Wildman–Crippen LogP) is 2.01. The van der Waals surface area contributed by atoms with Crippen molar-refractivity contribution in [3.05, 3.63) is 58.6 Å². The highest BCUT2D eigenvalue weighted by atomic mass is 35.5. The average molecular weight is 403 g/mol. The maximum absolute atomic E-state index is 11.1. The third-order valence-electron chi connectivity index (χ3n) is 4.66. The van der Waals surface area contributed by atoms with Crippen LogP contribution in [0, 0.1) is 0 Å². The lowest BCUT2D eigenvalue weighted by Gasteiger charge is -2.30. The minimum Gasteiger partial charge on any atom is -0.493 e. The standard InChI is InChI=1S/C21H24ClN3O3/c1-16(26)28-20-8-7-17(13-21(20)27-2)14-23-25-11-9-24(10-12-25)15-18-5-3-4-6-19(18)22/h3-8,13-14H,9-12,15H2,1-2H3/p+1/b23-14-. The highest BCUT2D eigenvalue weighted by molar-refractivity contribution is 6.31. The third-order valence-corrected chi connectivity index (χ3v) is 5.03. The van der Waals surface area contributed by atoms with Gasteiger partial charge >= 0.3 is 5.97 Å². The summed E-state index contributed by atoms with van der Waals surface area (Å²) in [6.45, 7) is 6.10. The summed E-state index contributed by atoms with van der Waals surface area (Å²) in [5.41, 5.74) is 2.08. The van der Waals surface area contributed by atoms with Crippen LogP contribution in [0.15, 0.2) is 47.6 Å². The Labute approximate surface area is 170 Å². The van der Waals surface area contributed by atoms with Gasteiger partial charge in [0.1, 0.15) is 6.54 Å². The van der Waals surface area contributed by atoms with Gasteiger partial charge in [-0.3, -0.25) is 9.80 Å². The van der Waals surface area contributed by atoms with Crippen molar-refractivity contribution in [1.29, 1.82) is 0 Å². The first-order valence-corrected chi connectivity index (χ1v) is 9.65. The highest BCUT2D eigenvalue weighted by Gasteiger charge is 2.19. The largest absolute Gasteiger partial charge is 0.493 e. The van der Waals surface area contributed by atoms with Crippen molar-refractivity contribution in [3.63, 3.8) is 0 Å². The van der Waals surface area contributed by atoms with Crippen molar-refractivity contribution in [3.8, 4) is 11.5 Å². The Morgan fingerprint density at radius 2 is 1.96 bits per heavy atom. The molecule has 0 atom stereocenters. The van der Waals surface area contributed by atoms with E-state index in [4.69, 9.17) is 21.1 Å². The number of carbonyl (C=O) groups is 1. The molecular weight excluding hydrogens is 378 g/mol. The first-order valence-electron chi connectivity index (χ1n) is 9.27. The molecule has 28 heavy (non-hydrogen) atoms. The van der Waals surface area contributed by atoms with E-state index in [2.05, 4.69) is 16.2 Å². The lowest BCUT2D eigenvalue weighted by molar-refractivity contribution is -0.918. The number of piperazine rings is 1. The van der Waals surface area contributed by atoms with Gasteiger partial charge < -0.3 is 14.4 Å². The van der Waals surface area contributed by atoms with Crippen molar-refractivity contribution < 1.29 is 19.2 Å². The number of esters is 1. The molecule has 0 saturated carbocycles. The number of ether oxygens (including phenoxy) is 2. The zero-order valence-corrected chi connectivity index (χ0v) is 16.9. The lowest BCUT2D eigenvalue weighted by Crippen LogP contribution is -3.13. The summed E-state index contributed by atoms with van der Waals surface area (Å²) < 4.78 is 10.4. The summed E-state index contributed by atoms with van der Waals surface area (Å²) >= 11 is 6.27. The number of hydrogen-bond donors (Lipinski definition) is 1. The summed E-state index contributed by atoms with van der Waals surface area (Å²) in [5, 5.41) is 7.49. The van der Waals surface area contributed by atoms with Crippen LogP contribution in [0.2, 0.25) is 5.02 Å². The van der Waals surface area contributed by atoms with Gasteiger partial charge in [-0.25, -0.2) is 0 Å². The van der Waals surface area contributed by atoms with E-state index in [1.807, 2.05) is 24.3 Å². The van der Waals surface area contributed by atoms with E-state index >= 15 is 0 Å². The van der Waals surface area contributed by atoms with Crippen LogP contribution in [0.3, 0.4) is 0 Å². The van der Waals surface area contributed by atoms with Crippen molar-refractivity contribution in [2.24, 2.45) is 5.10 Å². The van der Waals surface area contributed by atoms with Crippen LogP contribution >= 0.6 is 11.6 Å². The van der Waals surface area contributed by atoms with Crippen molar-refractivity contribution in [2.45, 2.75) is 13.5 Å². The Kier molecular flexibility index (Phi) is 6.90. The van der Waals surface area contributed by atoms with Crippen molar-refractivity contribution >= 4 is 23.8 Å². The molecule has 0 amide bonds. The minimum atomic E-state index is -0.378. The van der Waals surface area contributed by atoms with Crippen LogP contribution in [0.1, 0.15) is 18.1 Å². The second kappa shape index (κ2) is 9.57. The second-order valence-electron chi connectivity index (χ2n) is 6.72. The van der Waals surface area contributed by atoms with Crippen LogP contribution in [-0.2, 0) is 11.3 Å². The summed E-state index contributed by atoms with van der Waals surface area (Å²) in [7, 11) is 1.55. The molecule has 0 bridgehead atoms. The number of rotatable bonds is 6. The molecule has 0 aliphatic carbocycles. The summed E-state index contributed by atoms with van der Waals surface area (Å²) in [6.07, 6.45) is 1.80. The van der Waals surface area contributed by atoms with E-state index in [1.54, 1.807) is 25.5 Å². The first kappa shape index (κ1) is 20.2. The zero-order chi connectivity index (χ0) is 19.9. The van der Waals surface area contributed by atoms with Crippen molar-refractivity contribution in [2.75, 3.05) is 33.3 Å². The van der Waals surface area contributed by atoms with Gasteiger partial charge in [-0.2, -0.15) is 5.10 Å². The predicted molar refractivity (Wildman–Crippen MR) is 109 cm³/mol. The van der Waals surface area contributed by atoms with E-state index in [-0.39, 0.29) is 5.97 Å². The van der Waals surface area contributed by atoms with E-state index in [9.17, 15) is 4.79 Å². The van der Waals surface area contributed by atoms with E-state index < -0.39 is 0 Å². The molecule has 1 heterocycles. The Morgan fingerprint density at radius 1 is 1.21 bits per heavy atom. The number of hydrogen-bond acceptors (Lipinski definition) is 5. The number of quaternary nitrogens is 1. The van der Waals surface area contributed by atoms with Crippen LogP contribution in [0.4, 0.5) is 0 Å². The number of carbonyl (C=O) groups excluding carboxylic acids is 1. The lowest BCUT2D eigenvalue weighted by atomic mass is 10.2. The van der Waals surface area contributed by atoms with E-state index in [1.165, 1.54) is 17.4 Å². The van der Waals surface area contributed by atoms with E-state index in [0.29, 0.717) is 11.5 Å². The smallest absolute Gasteiger partial charge is 0.308 e. The molecule has 0 unspecified atom stereocenters. The average Bonchev–Trinajstić information content (AvgIpc) is 2.69. The van der Waals surface area contributed by atoms with Gasteiger partial charge in [0, 0.05) is 17.5 Å². The topological polar surface area (TPSA) is 55.6 Å². The molecule has 0 radical (unpaired) electrons. The van der Waals surface area contributed by atoms with Crippen LogP contribution in [0.25, 0.3) is 0 Å². The quantitative estimate of drug-likeness (QED) is 0.456. The fourth-order valence-electron chi connectivity index (χ4n) is 3.17. The molecule has 3 rings (SSSR count). The van der Waals surface area contributed by atoms with Crippen molar-refractivity contribution in [1.82, 2.24) is 5.01 Å². The Hall–Kier alpha value is -2.57. The zero-order valence-electron chi connectivity index (χ0n) is 16.2. The maximum Gasteiger partial charge on any atom is 0.308 e. The van der Waals surface area contributed by atoms with Gasteiger partial charge in [0.15, 0.2) is 11.5 Å². The number of nitrogens with one attached hydrogen (secondary N) is 1. The third kappa shape index (κ3) is 5.47. The molecule has 1 aliphatic rings. The monoisotopic (exact) mass is 402 g/mol. The van der Waals surface area contributed by atoms with Gasteiger partial charge in [0.05, 0.1) is 39.5 Å². The van der Waals surface area contributed by atoms with Crippen LogP contribution < -0.4 is 14.4 Å². The molecular formula is C21H25ClN3O3+. The fraction of sp³-hybridized carbons (Fsp3) is 0.333. The minimum absolute atomic E-state index is 0.378. The molecule has 1 saturated heterocycles. The second-order valence-corrected chi connectivity index (χ2v) is 7.13. The number of benzene rings is 2. The fourth-order valence-corrected chi connectivity index (χ4v) is 3.37. The molecule has 6 nitrogen and oxygen atoms in total. The Balaban J connectivity index is 1.55. The van der Waals surface area contributed by atoms with Crippen LogP contribution in [0.5, 0.6) is 11.5 Å². The van der Waals surface area contributed by atoms with Crippen LogP contribution in [-0.4, -0.2) is 50.5 Å². The van der Waals surface area contributed by atoms with Gasteiger partial charge in [-0.05, 0) is 29.8 Å². The van der Waals surface area contributed by atoms with Gasteiger partial charge in [0.25, 0.3) is 0 Å². The molecule has 2 aromatic rings. The molecule has 0 spiro atoms. The Morgan fingerprint density at radius 3 is 2.64 bits per heavy atom. The SMILES string of the molecule is COc1cc(/C=N\N2CC[NH+](Cc3ccccc3Cl)CC2)ccc1OC(C)=O. The molecule has 148 valence electrons. The van der Waals surface area contributed by atoms with Gasteiger partial charge in [-0.15, -0.1) is 0 Å². The molecule has 2 aromatic carbocycles. The highest BCUT2D eigenvalue weighted by Crippen LogP contribution is 2.27. The summed E-state index contributed by atoms with van der Waals surface area (Å²) in [6, 6.07) is 13.4. The molecule has 1 aliphatic heterocycles. The number of methoxy groups -OCH3 is 1. The first-order chi connectivity index (χ1) is 13.5. The molecule has 0 aromatic heterocycles.